The van der Waals surface area contributed by atoms with Gasteiger partial charge in [-0.2, -0.15) is 0 Å². The quantitative estimate of drug-likeness (QED) is 0.833. The zero-order chi connectivity index (χ0) is 15.1. The highest BCUT2D eigenvalue weighted by Crippen LogP contribution is 2.21. The second kappa shape index (κ2) is 7.95. The molecule has 21 heavy (non-hydrogen) atoms. The second-order valence-corrected chi connectivity index (χ2v) is 5.33. The van der Waals surface area contributed by atoms with Gasteiger partial charge in [0.2, 0.25) is 5.88 Å². The van der Waals surface area contributed by atoms with Gasteiger partial charge in [-0.25, -0.2) is 4.98 Å². The molecule has 1 aromatic rings. The molecule has 0 radical (unpaired) electrons. The van der Waals surface area contributed by atoms with Crippen LogP contribution in [0.1, 0.15) is 26.7 Å². The van der Waals surface area contributed by atoms with Crippen molar-refractivity contribution in [2.45, 2.75) is 38.9 Å². The van der Waals surface area contributed by atoms with Crippen molar-refractivity contribution in [3.05, 3.63) is 18.3 Å². The van der Waals surface area contributed by atoms with Gasteiger partial charge in [-0.1, -0.05) is 0 Å². The Hall–Kier alpha value is -1.66. The molecule has 0 unspecified atom stereocenters. The zero-order valence-electron chi connectivity index (χ0n) is 12.6. The lowest BCUT2D eigenvalue weighted by atomic mass is 10.1. The molecule has 0 spiro atoms. The van der Waals surface area contributed by atoms with Gasteiger partial charge in [-0.3, -0.25) is 4.79 Å². The Bertz CT molecular complexity index is 459. The zero-order valence-corrected chi connectivity index (χ0v) is 12.6. The number of carbonyl (C=O) groups is 1. The van der Waals surface area contributed by atoms with Crippen LogP contribution in [0.25, 0.3) is 0 Å². The van der Waals surface area contributed by atoms with E-state index in [1.54, 1.807) is 18.3 Å². The first-order valence-corrected chi connectivity index (χ1v) is 7.39. The SMILES string of the molecule is CC(C)Oc1ncccc1NC(=O)COC1CCNCC1. The molecule has 1 aliphatic heterocycles. The van der Waals surface area contributed by atoms with Crippen molar-refractivity contribution < 1.29 is 14.3 Å². The number of amides is 1. The summed E-state index contributed by atoms with van der Waals surface area (Å²) in [6, 6.07) is 3.53. The van der Waals surface area contributed by atoms with Crippen LogP contribution in [-0.4, -0.2) is 42.8 Å². The average molecular weight is 293 g/mol. The Morgan fingerprint density at radius 1 is 1.48 bits per heavy atom. The summed E-state index contributed by atoms with van der Waals surface area (Å²) in [5, 5.41) is 6.05. The highest BCUT2D eigenvalue weighted by molar-refractivity contribution is 5.92. The highest BCUT2D eigenvalue weighted by atomic mass is 16.5. The predicted molar refractivity (Wildman–Crippen MR) is 80.5 cm³/mol. The third kappa shape index (κ3) is 5.32. The maximum absolute atomic E-state index is 12.0. The van der Waals surface area contributed by atoms with Gasteiger partial charge in [0.05, 0.1) is 12.2 Å². The number of hydrogen-bond acceptors (Lipinski definition) is 5. The molecule has 0 saturated carbocycles. The molecular formula is C15H23N3O3. The Morgan fingerprint density at radius 3 is 2.95 bits per heavy atom. The molecule has 2 N–H and O–H groups in total. The van der Waals surface area contributed by atoms with Crippen LogP contribution in [0.2, 0.25) is 0 Å². The molecule has 0 aliphatic carbocycles. The lowest BCUT2D eigenvalue weighted by Gasteiger charge is -2.22. The van der Waals surface area contributed by atoms with E-state index in [0.29, 0.717) is 11.6 Å². The Balaban J connectivity index is 1.84. The van der Waals surface area contributed by atoms with Gasteiger partial charge >= 0.3 is 0 Å². The maximum Gasteiger partial charge on any atom is 0.250 e. The number of rotatable bonds is 6. The molecule has 2 heterocycles. The van der Waals surface area contributed by atoms with Crippen molar-refractivity contribution in [3.63, 3.8) is 0 Å². The smallest absolute Gasteiger partial charge is 0.250 e. The normalized spacial score (nSPS) is 16.0. The van der Waals surface area contributed by atoms with E-state index in [-0.39, 0.29) is 24.7 Å². The number of nitrogens with zero attached hydrogens (tertiary/aromatic N) is 1. The lowest BCUT2D eigenvalue weighted by Crippen LogP contribution is -2.34. The summed E-state index contributed by atoms with van der Waals surface area (Å²) in [6.45, 7) is 5.78. The molecule has 0 aromatic carbocycles. The number of carbonyl (C=O) groups excluding carboxylic acids is 1. The van der Waals surface area contributed by atoms with Crippen LogP contribution in [0.5, 0.6) is 5.88 Å². The van der Waals surface area contributed by atoms with Gasteiger partial charge in [0, 0.05) is 6.20 Å². The predicted octanol–water partition coefficient (Wildman–Crippen LogP) is 1.58. The van der Waals surface area contributed by atoms with E-state index in [0.717, 1.165) is 25.9 Å². The first-order chi connectivity index (χ1) is 10.1. The van der Waals surface area contributed by atoms with Gasteiger partial charge in [0.1, 0.15) is 12.3 Å². The average Bonchev–Trinajstić information content (AvgIpc) is 2.48. The summed E-state index contributed by atoms with van der Waals surface area (Å²) in [4.78, 5) is 16.1. The minimum Gasteiger partial charge on any atom is -0.473 e. The van der Waals surface area contributed by atoms with Crippen LogP contribution < -0.4 is 15.4 Å². The van der Waals surface area contributed by atoms with Crippen LogP contribution in [0.3, 0.4) is 0 Å². The minimum atomic E-state index is -0.185. The lowest BCUT2D eigenvalue weighted by molar-refractivity contribution is -0.123. The number of anilines is 1. The maximum atomic E-state index is 12.0. The number of piperidine rings is 1. The molecule has 0 bridgehead atoms. The summed E-state index contributed by atoms with van der Waals surface area (Å²) in [5.41, 5.74) is 0.574. The molecular weight excluding hydrogens is 270 g/mol. The highest BCUT2D eigenvalue weighted by Gasteiger charge is 2.16. The van der Waals surface area contributed by atoms with Gasteiger partial charge in [0.25, 0.3) is 5.91 Å². The van der Waals surface area contributed by atoms with Crippen LogP contribution in [0.15, 0.2) is 18.3 Å². The van der Waals surface area contributed by atoms with Crippen molar-refractivity contribution in [1.29, 1.82) is 0 Å². The van der Waals surface area contributed by atoms with E-state index in [2.05, 4.69) is 15.6 Å². The minimum absolute atomic E-state index is 0.00143. The van der Waals surface area contributed by atoms with E-state index < -0.39 is 0 Å². The second-order valence-electron chi connectivity index (χ2n) is 5.33. The third-order valence-corrected chi connectivity index (χ3v) is 3.13. The number of nitrogens with one attached hydrogen (secondary N) is 2. The fourth-order valence-corrected chi connectivity index (χ4v) is 2.15. The van der Waals surface area contributed by atoms with Gasteiger partial charge < -0.3 is 20.1 Å². The number of hydrogen-bond donors (Lipinski definition) is 2. The molecule has 1 saturated heterocycles. The van der Waals surface area contributed by atoms with Crippen LogP contribution in [0, 0.1) is 0 Å². The van der Waals surface area contributed by atoms with Crippen molar-refractivity contribution in [2.24, 2.45) is 0 Å². The van der Waals surface area contributed by atoms with E-state index >= 15 is 0 Å². The summed E-state index contributed by atoms with van der Waals surface area (Å²) in [6.07, 6.45) is 3.70. The standard InChI is InChI=1S/C15H23N3O3/c1-11(2)21-15-13(4-3-7-17-15)18-14(19)10-20-12-5-8-16-9-6-12/h3-4,7,11-12,16H,5-6,8-10H2,1-2H3,(H,18,19). The van der Waals surface area contributed by atoms with Crippen molar-refractivity contribution >= 4 is 11.6 Å². The monoisotopic (exact) mass is 293 g/mol. The summed E-state index contributed by atoms with van der Waals surface area (Å²) < 4.78 is 11.2. The van der Waals surface area contributed by atoms with Gasteiger partial charge in [-0.15, -0.1) is 0 Å². The van der Waals surface area contributed by atoms with Gasteiger partial charge in [0.15, 0.2) is 0 Å². The largest absolute Gasteiger partial charge is 0.473 e. The number of pyridine rings is 1. The summed E-state index contributed by atoms with van der Waals surface area (Å²) >= 11 is 0. The molecule has 6 nitrogen and oxygen atoms in total. The van der Waals surface area contributed by atoms with E-state index in [1.807, 2.05) is 13.8 Å². The summed E-state index contributed by atoms with van der Waals surface area (Å²) in [7, 11) is 0. The Labute approximate surface area is 125 Å². The molecule has 0 atom stereocenters. The molecule has 1 amide bonds. The van der Waals surface area contributed by atoms with E-state index in [9.17, 15) is 4.79 Å². The van der Waals surface area contributed by atoms with Gasteiger partial charge in [-0.05, 0) is 51.9 Å². The third-order valence-electron chi connectivity index (χ3n) is 3.13. The van der Waals surface area contributed by atoms with Crippen LogP contribution >= 0.6 is 0 Å². The fraction of sp³-hybridized carbons (Fsp3) is 0.600. The summed E-state index contributed by atoms with van der Waals surface area (Å²) in [5.74, 6) is 0.248. The van der Waals surface area contributed by atoms with Crippen LogP contribution in [-0.2, 0) is 9.53 Å². The first kappa shape index (κ1) is 15.7. The van der Waals surface area contributed by atoms with E-state index in [4.69, 9.17) is 9.47 Å². The Kier molecular flexibility index (Phi) is 5.95. The number of ether oxygens (including phenoxy) is 2. The number of aromatic nitrogens is 1. The fourth-order valence-electron chi connectivity index (χ4n) is 2.15. The van der Waals surface area contributed by atoms with Crippen molar-refractivity contribution in [1.82, 2.24) is 10.3 Å². The first-order valence-electron chi connectivity index (χ1n) is 7.39. The molecule has 1 aliphatic rings. The van der Waals surface area contributed by atoms with Crippen LogP contribution in [0.4, 0.5) is 5.69 Å². The molecule has 1 fully saturated rings. The molecule has 116 valence electrons. The molecule has 1 aromatic heterocycles. The van der Waals surface area contributed by atoms with E-state index in [1.165, 1.54) is 0 Å². The topological polar surface area (TPSA) is 72.5 Å². The van der Waals surface area contributed by atoms with Crippen molar-refractivity contribution in [2.75, 3.05) is 25.0 Å². The molecule has 6 heteroatoms. The molecule has 2 rings (SSSR count). The van der Waals surface area contributed by atoms with Crippen molar-refractivity contribution in [3.8, 4) is 5.88 Å². The Morgan fingerprint density at radius 2 is 2.24 bits per heavy atom.